The van der Waals surface area contributed by atoms with Gasteiger partial charge in [0.1, 0.15) is 12.3 Å². The third-order valence-corrected chi connectivity index (χ3v) is 4.70. The molecule has 0 saturated heterocycles. The average molecular weight is 191 g/mol. The first-order chi connectivity index (χ1) is 5.74. The van der Waals surface area contributed by atoms with Crippen molar-refractivity contribution >= 4 is 7.80 Å². The average Bonchev–Trinajstić information content (AvgIpc) is 2.06. The zero-order valence-corrected chi connectivity index (χ0v) is 8.53. The van der Waals surface area contributed by atoms with E-state index in [1.165, 1.54) is 0 Å². The first-order valence-corrected chi connectivity index (χ1v) is 6.33. The summed E-state index contributed by atoms with van der Waals surface area (Å²) in [7, 11) is -1.03. The summed E-state index contributed by atoms with van der Waals surface area (Å²) in [6, 6.07) is 0. The second kappa shape index (κ2) is 4.91. The maximum absolute atomic E-state index is 12.7. The van der Waals surface area contributed by atoms with E-state index < -0.39 is 14.0 Å². The number of halogens is 1. The van der Waals surface area contributed by atoms with Gasteiger partial charge in [0.25, 0.3) is 0 Å². The molecule has 0 radical (unpaired) electrons. The van der Waals surface area contributed by atoms with Crippen molar-refractivity contribution in [1.82, 2.24) is 0 Å². The summed E-state index contributed by atoms with van der Waals surface area (Å²) in [6.07, 6.45) is 4.16. The molecule has 0 N–H and O–H groups in total. The highest BCUT2D eigenvalue weighted by Crippen LogP contribution is 2.39. The fourth-order valence-corrected chi connectivity index (χ4v) is 3.41. The first kappa shape index (κ1) is 10.1. The molecule has 1 aliphatic rings. The number of hydrogen-bond acceptors (Lipinski definition) is 1. The Morgan fingerprint density at radius 1 is 1.33 bits per heavy atom. The van der Waals surface area contributed by atoms with Crippen LogP contribution in [0.1, 0.15) is 39.0 Å². The molecule has 1 aliphatic carbocycles. The number of alkyl halides is 1. The van der Waals surface area contributed by atoms with E-state index in [-0.39, 0.29) is 0 Å². The van der Waals surface area contributed by atoms with Gasteiger partial charge in [-0.2, -0.15) is 0 Å². The maximum Gasteiger partial charge on any atom is 0.341 e. The highest BCUT2D eigenvalue weighted by Gasteiger charge is 2.33. The van der Waals surface area contributed by atoms with Crippen LogP contribution in [0.4, 0.5) is 4.39 Å². The Morgan fingerprint density at radius 3 is 2.42 bits per heavy atom. The predicted octanol–water partition coefficient (Wildman–Crippen LogP) is 3.50. The van der Waals surface area contributed by atoms with Gasteiger partial charge in [-0.1, -0.05) is 11.5 Å². The summed E-state index contributed by atoms with van der Waals surface area (Å²) in [6.45, 7) is 2.05. The van der Waals surface area contributed by atoms with Gasteiger partial charge in [0.15, 0.2) is 5.66 Å². The van der Waals surface area contributed by atoms with Gasteiger partial charge < -0.3 is 0 Å². The van der Waals surface area contributed by atoms with Crippen molar-refractivity contribution < 1.29 is 8.96 Å². The topological polar surface area (TPSA) is 17.1 Å². The van der Waals surface area contributed by atoms with Crippen molar-refractivity contribution in [1.29, 1.82) is 0 Å². The van der Waals surface area contributed by atoms with Crippen LogP contribution in [0.3, 0.4) is 0 Å². The largest absolute Gasteiger partial charge is 0.341 e. The van der Waals surface area contributed by atoms with E-state index in [4.69, 9.17) is 0 Å². The van der Waals surface area contributed by atoms with Crippen LogP contribution < -0.4 is 0 Å². The molecule has 0 bridgehead atoms. The molecule has 0 aliphatic heterocycles. The molecule has 0 spiro atoms. The molecule has 1 rings (SSSR count). The third-order valence-electron chi connectivity index (χ3n) is 2.48. The summed E-state index contributed by atoms with van der Waals surface area (Å²) in [5.41, 5.74) is 0.326. The van der Waals surface area contributed by atoms with Crippen LogP contribution in [0.2, 0.25) is 0 Å². The standard InChI is InChI=1S/C9H17FOP/c1-2-7-12(11)9-5-3-8(10)4-6-9/h8-9H,2-7H2,1H3/q+1. The first-order valence-electron chi connectivity index (χ1n) is 4.82. The normalized spacial score (nSPS) is 31.7. The van der Waals surface area contributed by atoms with Crippen LogP contribution in [0.15, 0.2) is 0 Å². The summed E-state index contributed by atoms with van der Waals surface area (Å²) < 4.78 is 24.2. The molecule has 0 heterocycles. The minimum absolute atomic E-state index is 0.326. The van der Waals surface area contributed by atoms with Gasteiger partial charge in [-0.25, -0.2) is 4.39 Å². The van der Waals surface area contributed by atoms with Gasteiger partial charge in [0, 0.05) is 0 Å². The molecule has 12 heavy (non-hydrogen) atoms. The molecule has 0 amide bonds. The Kier molecular flexibility index (Phi) is 4.14. The van der Waals surface area contributed by atoms with Crippen LogP contribution in [-0.4, -0.2) is 18.0 Å². The summed E-state index contributed by atoms with van der Waals surface area (Å²) in [5.74, 6) is 0. The lowest BCUT2D eigenvalue weighted by Gasteiger charge is -2.16. The zero-order chi connectivity index (χ0) is 8.97. The summed E-state index contributed by atoms with van der Waals surface area (Å²) in [5, 5.41) is 0. The molecule has 0 aromatic rings. The highest BCUT2D eigenvalue weighted by molar-refractivity contribution is 7.45. The van der Waals surface area contributed by atoms with E-state index in [1.54, 1.807) is 0 Å². The quantitative estimate of drug-likeness (QED) is 0.624. The molecule has 1 unspecified atom stereocenters. The molecular weight excluding hydrogens is 174 g/mol. The Hall–Kier alpha value is 0.0300. The zero-order valence-electron chi connectivity index (χ0n) is 7.63. The van der Waals surface area contributed by atoms with Gasteiger partial charge in [-0.15, -0.1) is 0 Å². The van der Waals surface area contributed by atoms with Crippen molar-refractivity contribution in [3.05, 3.63) is 0 Å². The number of rotatable bonds is 3. The minimum atomic E-state index is -1.03. The molecule has 1 fully saturated rings. The molecule has 0 aromatic carbocycles. The summed E-state index contributed by atoms with van der Waals surface area (Å²) >= 11 is 0. The van der Waals surface area contributed by atoms with E-state index >= 15 is 0 Å². The third kappa shape index (κ3) is 2.82. The second-order valence-electron chi connectivity index (χ2n) is 3.55. The van der Waals surface area contributed by atoms with Gasteiger partial charge in [-0.3, -0.25) is 0 Å². The van der Waals surface area contributed by atoms with E-state index in [2.05, 4.69) is 0 Å². The molecule has 1 saturated carbocycles. The molecule has 3 heteroatoms. The Labute approximate surface area is 74.5 Å². The van der Waals surface area contributed by atoms with Crippen LogP contribution in [0.5, 0.6) is 0 Å². The van der Waals surface area contributed by atoms with Gasteiger partial charge in [0.2, 0.25) is 0 Å². The lowest BCUT2D eigenvalue weighted by molar-refractivity contribution is 0.252. The second-order valence-corrected chi connectivity index (χ2v) is 5.56. The van der Waals surface area contributed by atoms with E-state index in [0.29, 0.717) is 18.5 Å². The Balaban J connectivity index is 2.29. The van der Waals surface area contributed by atoms with Crippen molar-refractivity contribution in [3.63, 3.8) is 0 Å². The van der Waals surface area contributed by atoms with Crippen molar-refractivity contribution in [2.45, 2.75) is 50.9 Å². The van der Waals surface area contributed by atoms with Crippen molar-refractivity contribution in [3.8, 4) is 0 Å². The van der Waals surface area contributed by atoms with Crippen LogP contribution in [0.25, 0.3) is 0 Å². The SMILES string of the molecule is CCC[P+](=O)C1CCC(F)CC1. The predicted molar refractivity (Wildman–Crippen MR) is 49.9 cm³/mol. The molecular formula is C9H17FOP+. The van der Waals surface area contributed by atoms with Gasteiger partial charge >= 0.3 is 7.80 Å². The fourth-order valence-electron chi connectivity index (χ4n) is 1.73. The van der Waals surface area contributed by atoms with E-state index in [9.17, 15) is 8.96 Å². The lowest BCUT2D eigenvalue weighted by Crippen LogP contribution is -2.17. The van der Waals surface area contributed by atoms with E-state index in [0.717, 1.165) is 25.4 Å². The highest BCUT2D eigenvalue weighted by atomic mass is 31.1. The summed E-state index contributed by atoms with van der Waals surface area (Å²) in [4.78, 5) is 0. The molecule has 70 valence electrons. The molecule has 0 aromatic heterocycles. The number of hydrogen-bond donors (Lipinski definition) is 0. The Morgan fingerprint density at radius 2 is 1.92 bits per heavy atom. The van der Waals surface area contributed by atoms with Crippen molar-refractivity contribution in [2.75, 3.05) is 6.16 Å². The molecule has 1 nitrogen and oxygen atoms in total. The Bertz CT molecular complexity index is 153. The maximum atomic E-state index is 12.7. The van der Waals surface area contributed by atoms with E-state index in [1.807, 2.05) is 6.92 Å². The van der Waals surface area contributed by atoms with Gasteiger partial charge in [0.05, 0.1) is 0 Å². The van der Waals surface area contributed by atoms with Crippen LogP contribution in [-0.2, 0) is 4.57 Å². The minimum Gasteiger partial charge on any atom is -0.247 e. The fraction of sp³-hybridized carbons (Fsp3) is 1.00. The lowest BCUT2D eigenvalue weighted by atomic mass is 9.98. The van der Waals surface area contributed by atoms with Crippen LogP contribution >= 0.6 is 7.80 Å². The van der Waals surface area contributed by atoms with Crippen LogP contribution in [0, 0.1) is 0 Å². The monoisotopic (exact) mass is 191 g/mol. The smallest absolute Gasteiger partial charge is 0.247 e. The van der Waals surface area contributed by atoms with Gasteiger partial charge in [-0.05, 0) is 32.1 Å². The van der Waals surface area contributed by atoms with Crippen molar-refractivity contribution in [2.24, 2.45) is 0 Å². The molecule has 1 atom stereocenters.